The minimum absolute atomic E-state index is 0.0569. The lowest BCUT2D eigenvalue weighted by molar-refractivity contribution is 0.100. The molecule has 1 aromatic carbocycles. The Morgan fingerprint density at radius 2 is 1.85 bits per heavy atom. The summed E-state index contributed by atoms with van der Waals surface area (Å²) in [4.78, 5) is 24.8. The number of rotatable bonds is 3. The molecule has 0 radical (unpaired) electrons. The topological polar surface area (TPSA) is 114 Å². The van der Waals surface area contributed by atoms with Gasteiger partial charge in [-0.05, 0) is 18.2 Å². The van der Waals surface area contributed by atoms with E-state index in [9.17, 15) is 18.4 Å². The lowest BCUT2D eigenvalue weighted by Crippen LogP contribution is -2.21. The number of urea groups is 1. The Bertz CT molecular complexity index is 697. The van der Waals surface area contributed by atoms with E-state index < -0.39 is 29.3 Å². The number of primary amides is 2. The van der Waals surface area contributed by atoms with Gasteiger partial charge in [-0.3, -0.25) is 4.79 Å². The zero-order valence-electron chi connectivity index (χ0n) is 10.0. The molecule has 3 amide bonds. The number of H-pyrrole nitrogens is 1. The molecule has 0 spiro atoms. The minimum Gasteiger partial charge on any atom is -0.366 e. The van der Waals surface area contributed by atoms with E-state index in [-0.39, 0.29) is 16.8 Å². The van der Waals surface area contributed by atoms with Crippen molar-refractivity contribution in [2.75, 3.05) is 5.32 Å². The third-order valence-electron chi connectivity index (χ3n) is 2.62. The molecule has 0 saturated carbocycles. The van der Waals surface area contributed by atoms with Gasteiger partial charge in [-0.25, -0.2) is 13.6 Å². The van der Waals surface area contributed by atoms with Crippen molar-refractivity contribution in [2.24, 2.45) is 11.5 Å². The van der Waals surface area contributed by atoms with Crippen molar-refractivity contribution < 1.29 is 18.4 Å². The van der Waals surface area contributed by atoms with Crippen LogP contribution in [0.25, 0.3) is 11.3 Å². The second kappa shape index (κ2) is 5.00. The highest BCUT2D eigenvalue weighted by atomic mass is 19.2. The van der Waals surface area contributed by atoms with Gasteiger partial charge in [-0.15, -0.1) is 0 Å². The van der Waals surface area contributed by atoms with Crippen LogP contribution >= 0.6 is 0 Å². The Morgan fingerprint density at radius 3 is 2.45 bits per heavy atom. The molecule has 0 aliphatic carbocycles. The number of benzene rings is 1. The third kappa shape index (κ3) is 2.30. The first-order valence-electron chi connectivity index (χ1n) is 5.43. The van der Waals surface area contributed by atoms with E-state index in [2.05, 4.69) is 4.98 Å². The molecule has 2 rings (SSSR count). The molecule has 104 valence electrons. The predicted octanol–water partition coefficient (Wildman–Crippen LogP) is 1.55. The van der Waals surface area contributed by atoms with Crippen molar-refractivity contribution in [1.29, 1.82) is 0 Å². The van der Waals surface area contributed by atoms with Crippen LogP contribution in [-0.4, -0.2) is 16.9 Å². The zero-order chi connectivity index (χ0) is 14.9. The highest BCUT2D eigenvalue weighted by Gasteiger charge is 2.20. The molecule has 1 aromatic heterocycles. The van der Waals surface area contributed by atoms with Gasteiger partial charge in [0.2, 0.25) is 0 Å². The fourth-order valence-electron chi connectivity index (χ4n) is 1.80. The second-order valence-corrected chi connectivity index (χ2v) is 3.90. The van der Waals surface area contributed by atoms with E-state index in [4.69, 9.17) is 11.5 Å². The number of aromatic nitrogens is 1. The summed E-state index contributed by atoms with van der Waals surface area (Å²) in [6.07, 6.45) is 1.41. The summed E-state index contributed by atoms with van der Waals surface area (Å²) in [5.74, 6) is -3.20. The van der Waals surface area contributed by atoms with Gasteiger partial charge in [0.1, 0.15) is 0 Å². The van der Waals surface area contributed by atoms with Crippen LogP contribution in [0.5, 0.6) is 0 Å². The Labute approximate surface area is 111 Å². The van der Waals surface area contributed by atoms with Crippen LogP contribution in [0.4, 0.5) is 19.3 Å². The van der Waals surface area contributed by atoms with Crippen LogP contribution in [-0.2, 0) is 0 Å². The first kappa shape index (κ1) is 13.5. The normalized spacial score (nSPS) is 10.3. The number of carbonyl (C=O) groups excluding carboxylic acids is 2. The molecule has 2 aromatic rings. The van der Waals surface area contributed by atoms with Crippen molar-refractivity contribution in [3.05, 3.63) is 41.6 Å². The Morgan fingerprint density at radius 1 is 1.15 bits per heavy atom. The fourth-order valence-corrected chi connectivity index (χ4v) is 1.80. The summed E-state index contributed by atoms with van der Waals surface area (Å²) in [5, 5.41) is 1.99. The smallest absolute Gasteiger partial charge is 0.316 e. The number of nitrogens with one attached hydrogen (secondary N) is 2. The molecule has 0 saturated heterocycles. The highest BCUT2D eigenvalue weighted by Crippen LogP contribution is 2.32. The number of carbonyl (C=O) groups is 2. The van der Waals surface area contributed by atoms with Crippen LogP contribution in [0.1, 0.15) is 10.4 Å². The Kier molecular flexibility index (Phi) is 3.38. The molecule has 20 heavy (non-hydrogen) atoms. The van der Waals surface area contributed by atoms with Crippen molar-refractivity contribution in [2.45, 2.75) is 0 Å². The summed E-state index contributed by atoms with van der Waals surface area (Å²) in [6, 6.07) is 2.38. The summed E-state index contributed by atoms with van der Waals surface area (Å²) >= 11 is 0. The van der Waals surface area contributed by atoms with Crippen LogP contribution in [0.2, 0.25) is 0 Å². The molecule has 8 heteroatoms. The summed E-state index contributed by atoms with van der Waals surface area (Å²) in [7, 11) is 0. The van der Waals surface area contributed by atoms with E-state index in [1.165, 1.54) is 18.3 Å². The van der Waals surface area contributed by atoms with Gasteiger partial charge >= 0.3 is 6.03 Å². The molecular weight excluding hydrogens is 270 g/mol. The van der Waals surface area contributed by atoms with Gasteiger partial charge in [0.25, 0.3) is 5.91 Å². The lowest BCUT2D eigenvalue weighted by Gasteiger charge is -2.11. The zero-order valence-corrected chi connectivity index (χ0v) is 10.0. The van der Waals surface area contributed by atoms with Crippen molar-refractivity contribution in [3.8, 4) is 11.3 Å². The van der Waals surface area contributed by atoms with E-state index in [0.29, 0.717) is 0 Å². The number of hydrogen-bond acceptors (Lipinski definition) is 2. The molecule has 1 heterocycles. The Hall–Kier alpha value is -2.90. The molecule has 6 nitrogen and oxygen atoms in total. The van der Waals surface area contributed by atoms with E-state index in [0.717, 1.165) is 6.07 Å². The lowest BCUT2D eigenvalue weighted by atomic mass is 10.0. The van der Waals surface area contributed by atoms with Crippen molar-refractivity contribution in [3.63, 3.8) is 0 Å². The van der Waals surface area contributed by atoms with Crippen LogP contribution < -0.4 is 16.8 Å². The fraction of sp³-hybridized carbons (Fsp3) is 0. The maximum Gasteiger partial charge on any atom is 0.316 e. The first-order chi connectivity index (χ1) is 9.41. The summed E-state index contributed by atoms with van der Waals surface area (Å²) in [5.41, 5.74) is 9.91. The number of nitrogens with two attached hydrogens (primary N) is 2. The number of anilines is 1. The average molecular weight is 280 g/mol. The monoisotopic (exact) mass is 280 g/mol. The summed E-state index contributed by atoms with van der Waals surface area (Å²) < 4.78 is 27.0. The van der Waals surface area contributed by atoms with E-state index >= 15 is 0 Å². The van der Waals surface area contributed by atoms with Gasteiger partial charge in [0, 0.05) is 11.8 Å². The highest BCUT2D eigenvalue weighted by molar-refractivity contribution is 6.02. The van der Waals surface area contributed by atoms with Crippen LogP contribution in [0, 0.1) is 11.6 Å². The SMILES string of the molecule is NC(=O)Nc1c(-c2[nH]ccc2C(N)=O)ccc(F)c1F. The first-order valence-corrected chi connectivity index (χ1v) is 5.43. The molecule has 0 atom stereocenters. The van der Waals surface area contributed by atoms with Crippen LogP contribution in [0.15, 0.2) is 24.4 Å². The van der Waals surface area contributed by atoms with Gasteiger partial charge in [-0.1, -0.05) is 0 Å². The van der Waals surface area contributed by atoms with Gasteiger partial charge < -0.3 is 21.8 Å². The van der Waals surface area contributed by atoms with Crippen LogP contribution in [0.3, 0.4) is 0 Å². The molecule has 0 unspecified atom stereocenters. The molecular formula is C12H10F2N4O2. The van der Waals surface area contributed by atoms with Gasteiger partial charge in [-0.2, -0.15) is 0 Å². The maximum absolute atomic E-state index is 13.8. The predicted molar refractivity (Wildman–Crippen MR) is 67.9 cm³/mol. The van der Waals surface area contributed by atoms with E-state index in [1.54, 1.807) is 0 Å². The molecule has 0 aliphatic heterocycles. The van der Waals surface area contributed by atoms with Crippen molar-refractivity contribution >= 4 is 17.6 Å². The van der Waals surface area contributed by atoms with Gasteiger partial charge in [0.15, 0.2) is 11.6 Å². The maximum atomic E-state index is 13.8. The summed E-state index contributed by atoms with van der Waals surface area (Å²) in [6.45, 7) is 0. The third-order valence-corrected chi connectivity index (χ3v) is 2.62. The Balaban J connectivity index is 2.67. The number of hydrogen-bond donors (Lipinski definition) is 4. The van der Waals surface area contributed by atoms with E-state index in [1.807, 2.05) is 5.32 Å². The quantitative estimate of drug-likeness (QED) is 0.683. The molecule has 6 N–H and O–H groups in total. The standard InChI is InChI=1S/C12H10F2N4O2/c13-7-2-1-5(10(8(7)14)18-12(16)20)9-6(11(15)19)3-4-17-9/h1-4,17H,(H2,15,19)(H3,16,18,20). The molecule has 0 aliphatic rings. The number of halogens is 2. The minimum atomic E-state index is -1.29. The largest absolute Gasteiger partial charge is 0.366 e. The van der Waals surface area contributed by atoms with Gasteiger partial charge in [0.05, 0.1) is 16.9 Å². The number of amides is 3. The second-order valence-electron chi connectivity index (χ2n) is 3.90. The molecule has 0 fully saturated rings. The average Bonchev–Trinajstić information content (AvgIpc) is 2.84. The number of aromatic amines is 1. The molecule has 0 bridgehead atoms. The van der Waals surface area contributed by atoms with Crippen molar-refractivity contribution in [1.82, 2.24) is 4.98 Å².